The molecule has 12 rings (SSSR count). The maximum absolute atomic E-state index is 4.91. The molecule has 88 heavy (non-hydrogen) atoms. The predicted octanol–water partition coefficient (Wildman–Crippen LogP) is 12.8. The molecule has 0 aromatic heterocycles. The standard InChI is InChI=1S/C36H30I3N2P2.2C18H15INP.I3/c37-40(42(31-19-7-1-8-20-31,32-21-9-2-10-22-32)33-23-11-3-12-24-33)39-41(38)43(34-25-13-4-14-26-34,35-27-15-5-16-28-35)36-29-17-6-18-30-36;2*19-20-21(16-10-4-1-5-11-16,17-12-6-2-7-13-17)18-14-8-3-9-15-18;1-3-2/h1-30H;2*1-15H;/q+1;;;-1. The maximum atomic E-state index is 4.91. The van der Waals surface area contributed by atoms with Gasteiger partial charge in [0.25, 0.3) is 0 Å². The van der Waals surface area contributed by atoms with Crippen molar-refractivity contribution in [2.45, 2.75) is 0 Å². The molecule has 16 heteroatoms. The molecule has 0 N–H and O–H groups in total. The number of rotatable bonds is 16. The van der Waals surface area contributed by atoms with Gasteiger partial charge in [0.2, 0.25) is 0 Å². The molecule has 12 aromatic carbocycles. The average Bonchev–Trinajstić information content (AvgIpc) is 1.80. The van der Waals surface area contributed by atoms with Gasteiger partial charge in [0.05, 0.1) is 59.8 Å². The van der Waals surface area contributed by atoms with Crippen LogP contribution in [-0.4, -0.2) is 2.19 Å². The van der Waals surface area contributed by atoms with Gasteiger partial charge in [-0.05, 0) is 0 Å². The molecule has 4 nitrogen and oxygen atoms in total. The van der Waals surface area contributed by atoms with E-state index in [9.17, 15) is 0 Å². The molecule has 0 heterocycles. The molecule has 0 saturated carbocycles. The van der Waals surface area contributed by atoms with Gasteiger partial charge < -0.3 is 0 Å². The summed E-state index contributed by atoms with van der Waals surface area (Å²) in [5, 5.41) is 16.0. The number of nitrogens with zero attached hydrogens (tertiary/aromatic N) is 4. The summed E-state index contributed by atoms with van der Waals surface area (Å²) in [5.74, 6) is 0. The normalized spacial score (nSPS) is 11.5. The summed E-state index contributed by atoms with van der Waals surface area (Å²) in [4.78, 5) is 0. The Morgan fingerprint density at radius 3 is 0.489 bits per heavy atom. The van der Waals surface area contributed by atoms with E-state index in [1.807, 2.05) is 0 Å². The molecule has 0 bridgehead atoms. The topological polar surface area (TPSA) is 31.2 Å². The van der Waals surface area contributed by atoms with Crippen molar-refractivity contribution in [1.82, 2.24) is 2.19 Å². The van der Waals surface area contributed by atoms with E-state index in [0.717, 1.165) is 0 Å². The van der Waals surface area contributed by atoms with Gasteiger partial charge in [-0.25, -0.2) is 5.92 Å². The van der Waals surface area contributed by atoms with Crippen LogP contribution in [0.3, 0.4) is 0 Å². The molecule has 444 valence electrons. The first-order chi connectivity index (χ1) is 43.3. The molecular weight excluding hydrogens is 2060 g/mol. The number of hydrogen-bond donors (Lipinski definition) is 0. The van der Waals surface area contributed by atoms with Gasteiger partial charge >= 0.3 is 349 Å². The molecule has 0 unspecified atom stereocenters. The van der Waals surface area contributed by atoms with E-state index < -0.39 is 50.7 Å². The van der Waals surface area contributed by atoms with Gasteiger partial charge in [-0.1, -0.05) is 182 Å². The van der Waals surface area contributed by atoms with Gasteiger partial charge in [0, 0.05) is 31.8 Å². The SMILES string of the molecule is IN([I-]N(I)[P+](c1ccccc1)(c1ccccc1)c1ccccc1)[P+](c1ccccc1)(c1ccccc1)c1ccccc1.IN=P(c1ccccc1)(c1ccccc1)c1ccccc1.IN=P(c1ccccc1)(c1ccccc1)c1ccccc1.I[I-]I. The van der Waals surface area contributed by atoms with Crippen LogP contribution < -0.4 is 98.7 Å². The van der Waals surface area contributed by atoms with Crippen molar-refractivity contribution in [3.05, 3.63) is 364 Å². The van der Waals surface area contributed by atoms with E-state index >= 15 is 0 Å². The number of benzene rings is 12. The summed E-state index contributed by atoms with van der Waals surface area (Å²) in [6.45, 7) is 0. The van der Waals surface area contributed by atoms with Crippen LogP contribution in [0.25, 0.3) is 0 Å². The second-order valence-electron chi connectivity index (χ2n) is 19.3. The van der Waals surface area contributed by atoms with E-state index in [2.05, 4.69) is 495 Å². The van der Waals surface area contributed by atoms with Crippen LogP contribution in [-0.2, 0) is 0 Å². The Kier molecular flexibility index (Phi) is 29.0. The second-order valence-corrected chi connectivity index (χ2v) is 61.5. The van der Waals surface area contributed by atoms with Crippen LogP contribution in [0.2, 0.25) is 0 Å². The van der Waals surface area contributed by atoms with Crippen LogP contribution in [0, 0.1) is 0 Å². The Bertz CT molecular complexity index is 3400. The Labute approximate surface area is 618 Å². The van der Waals surface area contributed by atoms with Crippen molar-refractivity contribution in [2.75, 3.05) is 0 Å². The third-order valence-electron chi connectivity index (χ3n) is 14.4. The van der Waals surface area contributed by atoms with Crippen LogP contribution in [0.5, 0.6) is 0 Å². The first-order valence-corrected chi connectivity index (χ1v) is 53.0. The zero-order valence-corrected chi connectivity index (χ0v) is 68.1. The minimum absolute atomic E-state index is 0.530. The zero-order valence-electron chi connectivity index (χ0n) is 47.2. The first kappa shape index (κ1) is 70.0. The van der Waals surface area contributed by atoms with Crippen molar-refractivity contribution in [1.29, 1.82) is 0 Å². The summed E-state index contributed by atoms with van der Waals surface area (Å²) < 4.78 is 15.3. The molecular formula is C72H60I8N4P4. The van der Waals surface area contributed by atoms with E-state index in [0.29, 0.717) is 13.3 Å². The molecule has 0 saturated heterocycles. The summed E-state index contributed by atoms with van der Waals surface area (Å²) >= 11 is 14.3. The summed E-state index contributed by atoms with van der Waals surface area (Å²) in [5.41, 5.74) is 0. The second kappa shape index (κ2) is 36.4. The monoisotopic (exact) mass is 2120 g/mol. The molecule has 0 radical (unpaired) electrons. The summed E-state index contributed by atoms with van der Waals surface area (Å²) in [7, 11) is -8.25. The van der Waals surface area contributed by atoms with Crippen LogP contribution in [0.4, 0.5) is 0 Å². The third-order valence-corrected chi connectivity index (χ3v) is 43.7. The molecule has 0 fully saturated rings. The summed E-state index contributed by atoms with van der Waals surface area (Å²) in [6.07, 6.45) is 0. The third kappa shape index (κ3) is 16.3. The molecule has 0 atom stereocenters. The zero-order chi connectivity index (χ0) is 61.3. The van der Waals surface area contributed by atoms with Crippen molar-refractivity contribution in [3.63, 3.8) is 0 Å². The van der Waals surface area contributed by atoms with Gasteiger partial charge in [-0.15, -0.1) is 0 Å². The fourth-order valence-corrected chi connectivity index (χ4v) is 45.8. The fraction of sp³-hybridized carbons (Fsp3) is 0. The Balaban J connectivity index is 0.000000171. The van der Waals surface area contributed by atoms with Crippen LogP contribution in [0.15, 0.2) is 370 Å². The molecule has 0 aliphatic carbocycles. The van der Waals surface area contributed by atoms with E-state index in [1.54, 1.807) is 0 Å². The minimum atomic E-state index is -2.20. The van der Waals surface area contributed by atoms with Crippen molar-refractivity contribution in [2.24, 2.45) is 5.92 Å². The van der Waals surface area contributed by atoms with Gasteiger partial charge in [-0.3, -0.25) is 0 Å². The Morgan fingerprint density at radius 2 is 0.364 bits per heavy atom. The first-order valence-electron chi connectivity index (χ1n) is 27.7. The van der Waals surface area contributed by atoms with Crippen LogP contribution >= 0.6 is 158 Å². The fourth-order valence-electron chi connectivity index (χ4n) is 10.5. The van der Waals surface area contributed by atoms with Crippen molar-refractivity contribution < 1.29 is 35.0 Å². The van der Waals surface area contributed by atoms with Gasteiger partial charge in [-0.2, -0.15) is 0 Å². The number of hydrogen-bond acceptors (Lipinski definition) is 4. The molecule has 0 amide bonds. The summed E-state index contributed by atoms with van der Waals surface area (Å²) in [6, 6.07) is 131. The van der Waals surface area contributed by atoms with E-state index in [4.69, 9.17) is 5.92 Å². The molecule has 0 aliphatic rings. The molecule has 12 aromatic rings. The quantitative estimate of drug-likeness (QED) is 0.0548. The van der Waals surface area contributed by atoms with Crippen molar-refractivity contribution in [3.8, 4) is 0 Å². The van der Waals surface area contributed by atoms with Crippen molar-refractivity contribution >= 4 is 221 Å². The average molecular weight is 2120 g/mol. The van der Waals surface area contributed by atoms with Gasteiger partial charge in [0.15, 0.2) is 0 Å². The van der Waals surface area contributed by atoms with E-state index in [1.165, 1.54) is 63.7 Å². The van der Waals surface area contributed by atoms with E-state index in [-0.39, 0.29) is 0 Å². The Morgan fingerprint density at radius 1 is 0.239 bits per heavy atom. The van der Waals surface area contributed by atoms with Crippen LogP contribution in [0.1, 0.15) is 0 Å². The predicted molar refractivity (Wildman–Crippen MR) is 433 cm³/mol. The Hall–Kier alpha value is -2.28. The van der Waals surface area contributed by atoms with Gasteiger partial charge in [0.1, 0.15) is 0 Å². The number of halogens is 8. The molecule has 0 spiro atoms. The molecule has 0 aliphatic heterocycles.